The fourth-order valence-corrected chi connectivity index (χ4v) is 3.66. The first-order valence-electron chi connectivity index (χ1n) is 10.2. The van der Waals surface area contributed by atoms with Gasteiger partial charge >= 0.3 is 17.9 Å². The zero-order valence-corrected chi connectivity index (χ0v) is 18.2. The van der Waals surface area contributed by atoms with E-state index in [1.807, 2.05) is 11.9 Å². The van der Waals surface area contributed by atoms with E-state index in [2.05, 4.69) is 0 Å². The van der Waals surface area contributed by atoms with Crippen LogP contribution in [0.3, 0.4) is 0 Å². The van der Waals surface area contributed by atoms with Gasteiger partial charge in [0.25, 0.3) is 0 Å². The van der Waals surface area contributed by atoms with Crippen LogP contribution in [0.15, 0.2) is 11.6 Å². The fraction of sp³-hybridized carbons (Fsp3) is 0.714. The minimum Gasteiger partial charge on any atom is -0.461 e. The van der Waals surface area contributed by atoms with Crippen molar-refractivity contribution in [1.29, 1.82) is 0 Å². The van der Waals surface area contributed by atoms with E-state index in [9.17, 15) is 24.3 Å². The summed E-state index contributed by atoms with van der Waals surface area (Å²) >= 11 is 0. The second kappa shape index (κ2) is 9.70. The Bertz CT molecular complexity index is 729. The molecule has 30 heavy (non-hydrogen) atoms. The summed E-state index contributed by atoms with van der Waals surface area (Å²) in [5, 5.41) is 10.9. The monoisotopic (exact) mass is 425 g/mol. The predicted octanol–water partition coefficient (Wildman–Crippen LogP) is 0.631. The van der Waals surface area contributed by atoms with E-state index in [4.69, 9.17) is 14.2 Å². The van der Waals surface area contributed by atoms with Crippen LogP contribution < -0.4 is 0 Å². The maximum absolute atomic E-state index is 13.0. The number of hydrogen-bond donors (Lipinski definition) is 1. The first-order chi connectivity index (χ1) is 14.0. The van der Waals surface area contributed by atoms with E-state index in [-0.39, 0.29) is 25.0 Å². The third kappa shape index (κ3) is 5.26. The number of rotatable bonds is 2. The lowest BCUT2D eigenvalue weighted by molar-refractivity contribution is -0.188. The van der Waals surface area contributed by atoms with Gasteiger partial charge in [0.1, 0.15) is 12.7 Å². The Morgan fingerprint density at radius 3 is 2.63 bits per heavy atom. The quantitative estimate of drug-likeness (QED) is 0.502. The Balaban J connectivity index is 2.52. The second-order valence-corrected chi connectivity index (χ2v) is 8.17. The number of ketones is 1. The van der Waals surface area contributed by atoms with E-state index in [1.165, 1.54) is 20.8 Å². The summed E-state index contributed by atoms with van der Waals surface area (Å²) in [6.07, 6.45) is -0.0292. The Morgan fingerprint density at radius 1 is 1.37 bits per heavy atom. The van der Waals surface area contributed by atoms with Crippen LogP contribution in [-0.4, -0.2) is 78.3 Å². The minimum atomic E-state index is -2.06. The van der Waals surface area contributed by atoms with E-state index in [0.29, 0.717) is 13.1 Å². The van der Waals surface area contributed by atoms with Crippen LogP contribution in [0.4, 0.5) is 0 Å². The molecule has 1 fully saturated rings. The van der Waals surface area contributed by atoms with Gasteiger partial charge in [0.05, 0.1) is 5.92 Å². The van der Waals surface area contributed by atoms with E-state index < -0.39 is 53.3 Å². The van der Waals surface area contributed by atoms with E-state index in [0.717, 1.165) is 0 Å². The largest absolute Gasteiger partial charge is 0.461 e. The van der Waals surface area contributed by atoms with Gasteiger partial charge in [-0.15, -0.1) is 0 Å². The Hall–Kier alpha value is -2.26. The van der Waals surface area contributed by atoms with Gasteiger partial charge in [-0.25, -0.2) is 4.79 Å². The average Bonchev–Trinajstić information content (AvgIpc) is 2.67. The summed E-state index contributed by atoms with van der Waals surface area (Å²) in [5.74, 6) is -4.70. The molecule has 0 aromatic rings. The molecule has 2 bridgehead atoms. The number of Topliss-reactive ketones (excluding diaryl/α,β-unsaturated/α-hetero) is 1. The molecule has 5 unspecified atom stereocenters. The lowest BCUT2D eigenvalue weighted by Gasteiger charge is -2.37. The summed E-state index contributed by atoms with van der Waals surface area (Å²) in [4.78, 5) is 52.3. The number of hydrogen-bond acceptors (Lipinski definition) is 9. The van der Waals surface area contributed by atoms with Gasteiger partial charge in [0, 0.05) is 37.9 Å². The maximum Gasteiger partial charge on any atom is 0.338 e. The smallest absolute Gasteiger partial charge is 0.338 e. The van der Waals surface area contributed by atoms with Gasteiger partial charge in [0.2, 0.25) is 5.78 Å². The fourth-order valence-electron chi connectivity index (χ4n) is 3.66. The first kappa shape index (κ1) is 24.0. The molecule has 0 radical (unpaired) electrons. The Labute approximate surface area is 176 Å². The van der Waals surface area contributed by atoms with Crippen LogP contribution in [0, 0.1) is 11.8 Å². The molecular weight excluding hydrogens is 394 g/mol. The molecule has 9 nitrogen and oxygen atoms in total. The molecule has 0 aromatic carbocycles. The molecule has 2 heterocycles. The summed E-state index contributed by atoms with van der Waals surface area (Å²) in [6, 6.07) is 0. The number of aliphatic hydroxyl groups is 1. The van der Waals surface area contributed by atoms with E-state index in [1.54, 1.807) is 13.0 Å². The number of nitrogens with zero attached hydrogens (tertiary/aromatic N) is 1. The average molecular weight is 425 g/mol. The molecule has 9 heteroatoms. The molecular formula is C21H31NO8. The molecule has 168 valence electrons. The highest BCUT2D eigenvalue weighted by atomic mass is 16.6. The SMILES string of the molecule is CCC1C(=O)OC2CCN(C)CC=C(COC(=O)C(C)(O)C(C)C1OC(C)=O)C2=O. The summed E-state index contributed by atoms with van der Waals surface area (Å²) in [5.41, 5.74) is -1.85. The van der Waals surface area contributed by atoms with Gasteiger partial charge in [-0.3, -0.25) is 14.4 Å². The van der Waals surface area contributed by atoms with Crippen LogP contribution in [-0.2, 0) is 33.4 Å². The maximum atomic E-state index is 13.0. The van der Waals surface area contributed by atoms with Crippen LogP contribution >= 0.6 is 0 Å². The van der Waals surface area contributed by atoms with Crippen LogP contribution in [0.1, 0.15) is 40.5 Å². The van der Waals surface area contributed by atoms with Crippen molar-refractivity contribution in [3.63, 3.8) is 0 Å². The molecule has 0 aliphatic carbocycles. The molecule has 0 saturated carbocycles. The zero-order valence-electron chi connectivity index (χ0n) is 18.2. The summed E-state index contributed by atoms with van der Waals surface area (Å²) < 4.78 is 16.2. The Kier molecular flexibility index (Phi) is 7.76. The lowest BCUT2D eigenvalue weighted by atomic mass is 9.79. The number of ether oxygens (including phenoxy) is 3. The Morgan fingerprint density at radius 2 is 2.03 bits per heavy atom. The van der Waals surface area contributed by atoms with Crippen molar-refractivity contribution in [2.45, 2.75) is 58.3 Å². The second-order valence-electron chi connectivity index (χ2n) is 8.17. The number of carbonyl (C=O) groups excluding carboxylic acids is 4. The normalized spacial score (nSPS) is 34.3. The number of likely N-dealkylation sites (N-methyl/N-ethyl adjacent to an activating group) is 1. The molecule has 5 atom stereocenters. The molecule has 0 amide bonds. The minimum absolute atomic E-state index is 0.210. The topological polar surface area (TPSA) is 119 Å². The predicted molar refractivity (Wildman–Crippen MR) is 105 cm³/mol. The van der Waals surface area contributed by atoms with Gasteiger partial charge in [0.15, 0.2) is 11.7 Å². The van der Waals surface area contributed by atoms with Crippen LogP contribution in [0.5, 0.6) is 0 Å². The molecule has 1 saturated heterocycles. The van der Waals surface area contributed by atoms with Crippen molar-refractivity contribution in [3.8, 4) is 0 Å². The first-order valence-corrected chi connectivity index (χ1v) is 10.2. The van der Waals surface area contributed by atoms with Gasteiger partial charge < -0.3 is 24.2 Å². The van der Waals surface area contributed by atoms with Crippen molar-refractivity contribution in [2.75, 3.05) is 26.7 Å². The van der Waals surface area contributed by atoms with E-state index >= 15 is 0 Å². The van der Waals surface area contributed by atoms with Gasteiger partial charge in [-0.05, 0) is 20.4 Å². The highest BCUT2D eigenvalue weighted by Crippen LogP contribution is 2.32. The van der Waals surface area contributed by atoms with Gasteiger partial charge in [-0.2, -0.15) is 0 Å². The lowest BCUT2D eigenvalue weighted by Crippen LogP contribution is -2.53. The third-order valence-electron chi connectivity index (χ3n) is 5.88. The highest BCUT2D eigenvalue weighted by Gasteiger charge is 2.49. The number of esters is 3. The zero-order chi connectivity index (χ0) is 22.6. The van der Waals surface area contributed by atoms with Crippen molar-refractivity contribution >= 4 is 23.7 Å². The van der Waals surface area contributed by atoms with Crippen molar-refractivity contribution in [2.24, 2.45) is 11.8 Å². The summed E-state index contributed by atoms with van der Waals surface area (Å²) in [6.45, 7) is 6.28. The van der Waals surface area contributed by atoms with Crippen molar-refractivity contribution in [1.82, 2.24) is 4.90 Å². The molecule has 2 aliphatic rings. The van der Waals surface area contributed by atoms with Crippen molar-refractivity contribution < 1.29 is 38.5 Å². The highest BCUT2D eigenvalue weighted by molar-refractivity contribution is 6.00. The van der Waals surface area contributed by atoms with Crippen LogP contribution in [0.25, 0.3) is 0 Å². The number of fused-ring (bicyclic) bond motifs is 2. The molecule has 0 spiro atoms. The number of carbonyl (C=O) groups is 4. The standard InChI is InChI=1S/C21H31NO8/c1-6-15-18(29-13(3)23)12(2)21(4,27)20(26)28-11-14-7-9-22(5)10-8-16(17(14)24)30-19(15)25/h7,12,15-16,18,27H,6,8-11H2,1-5H3. The molecule has 1 N–H and O–H groups in total. The molecule has 2 rings (SSSR count). The van der Waals surface area contributed by atoms with Gasteiger partial charge in [-0.1, -0.05) is 19.9 Å². The van der Waals surface area contributed by atoms with Crippen LogP contribution in [0.2, 0.25) is 0 Å². The molecule has 2 aliphatic heterocycles. The number of cyclic esters (lactones) is 1. The third-order valence-corrected chi connectivity index (χ3v) is 5.88. The van der Waals surface area contributed by atoms with Crippen molar-refractivity contribution in [3.05, 3.63) is 11.6 Å². The molecule has 0 aromatic heterocycles. The summed E-state index contributed by atoms with van der Waals surface area (Å²) in [7, 11) is 1.86.